The Hall–Kier alpha value is -1.82. The van der Waals surface area contributed by atoms with E-state index in [1.54, 1.807) is 12.1 Å². The maximum absolute atomic E-state index is 12.0. The van der Waals surface area contributed by atoms with Gasteiger partial charge in [-0.2, -0.15) is 0 Å². The summed E-state index contributed by atoms with van der Waals surface area (Å²) in [5.74, 6) is 0.544. The van der Waals surface area contributed by atoms with Crippen molar-refractivity contribution in [2.24, 2.45) is 0 Å². The average molecular weight is 362 g/mol. The molecule has 0 aromatic heterocycles. The quantitative estimate of drug-likeness (QED) is 0.578. The predicted octanol–water partition coefficient (Wildman–Crippen LogP) is 4.80. The number of ether oxygens (including phenoxy) is 1. The Bertz CT molecular complexity index is 772. The molecule has 0 unspecified atom stereocenters. The molecule has 116 valence electrons. The van der Waals surface area contributed by atoms with Crippen LogP contribution in [0.2, 0.25) is 5.02 Å². The molecule has 0 saturated carbocycles. The third kappa shape index (κ3) is 3.58. The van der Waals surface area contributed by atoms with Crippen LogP contribution >= 0.6 is 35.6 Å². The number of amides is 1. The molecule has 0 bridgehead atoms. The minimum Gasteiger partial charge on any atom is -0.489 e. The van der Waals surface area contributed by atoms with Crippen LogP contribution < -0.4 is 9.64 Å². The average Bonchev–Trinajstić information content (AvgIpc) is 2.80. The van der Waals surface area contributed by atoms with Gasteiger partial charge in [0.2, 0.25) is 0 Å². The molecule has 0 radical (unpaired) electrons. The van der Waals surface area contributed by atoms with E-state index in [0.717, 1.165) is 5.56 Å². The fraction of sp³-hybridized carbons (Fsp3) is 0.0588. The highest BCUT2D eigenvalue weighted by Gasteiger charge is 2.31. The number of hydrogen-bond acceptors (Lipinski definition) is 4. The smallest absolute Gasteiger partial charge is 0.270 e. The first-order valence-corrected chi connectivity index (χ1v) is 8.37. The molecule has 1 fully saturated rings. The molecular formula is C17H12ClNO2S2. The molecule has 1 aliphatic heterocycles. The Kier molecular flexibility index (Phi) is 4.71. The molecule has 6 heteroatoms. The summed E-state index contributed by atoms with van der Waals surface area (Å²) in [6.07, 6.45) is 0. The summed E-state index contributed by atoms with van der Waals surface area (Å²) in [5.41, 5.74) is 1.74. The van der Waals surface area contributed by atoms with Gasteiger partial charge in [0, 0.05) is 5.02 Å². The highest BCUT2D eigenvalue weighted by molar-refractivity contribution is 8.27. The van der Waals surface area contributed by atoms with Crippen LogP contribution in [0.1, 0.15) is 5.56 Å². The third-order valence-corrected chi connectivity index (χ3v) is 4.71. The largest absolute Gasteiger partial charge is 0.489 e. The molecular weight excluding hydrogens is 350 g/mol. The molecule has 0 spiro atoms. The van der Waals surface area contributed by atoms with Crippen molar-refractivity contribution in [2.45, 2.75) is 6.61 Å². The van der Waals surface area contributed by atoms with Crippen LogP contribution in [0.25, 0.3) is 0 Å². The van der Waals surface area contributed by atoms with Crippen LogP contribution in [-0.2, 0) is 11.4 Å². The van der Waals surface area contributed by atoms with Crippen LogP contribution in [0.3, 0.4) is 0 Å². The molecule has 0 atom stereocenters. The van der Waals surface area contributed by atoms with Crippen molar-refractivity contribution in [2.75, 3.05) is 4.90 Å². The lowest BCUT2D eigenvalue weighted by molar-refractivity contribution is -0.113. The predicted molar refractivity (Wildman–Crippen MR) is 99.0 cm³/mol. The van der Waals surface area contributed by atoms with E-state index in [1.807, 2.05) is 36.4 Å². The zero-order chi connectivity index (χ0) is 16.4. The lowest BCUT2D eigenvalue weighted by atomic mass is 10.2. The number of benzene rings is 2. The van der Waals surface area contributed by atoms with Crippen molar-refractivity contribution >= 4 is 51.5 Å². The molecule has 1 saturated heterocycles. The normalized spacial score (nSPS) is 14.5. The zero-order valence-corrected chi connectivity index (χ0v) is 14.4. The van der Waals surface area contributed by atoms with Crippen LogP contribution in [-0.4, -0.2) is 10.2 Å². The first kappa shape index (κ1) is 16.1. The molecule has 3 rings (SSSR count). The minimum absolute atomic E-state index is 0.171. The van der Waals surface area contributed by atoms with E-state index in [1.165, 1.54) is 16.7 Å². The molecule has 2 aromatic rings. The SMILES string of the molecule is C=C1SC(=S)N(c2ccc(OCc3ccc(Cl)cc3)cc2)C1=O. The van der Waals surface area contributed by atoms with Gasteiger partial charge in [-0.15, -0.1) is 0 Å². The van der Waals surface area contributed by atoms with Crippen molar-refractivity contribution in [3.05, 3.63) is 70.6 Å². The monoisotopic (exact) mass is 361 g/mol. The molecule has 1 amide bonds. The Balaban J connectivity index is 1.67. The third-order valence-electron chi connectivity index (χ3n) is 3.25. The number of thiocarbonyl (C=S) groups is 1. The number of thioether (sulfide) groups is 1. The van der Waals surface area contributed by atoms with Gasteiger partial charge in [-0.25, -0.2) is 0 Å². The Morgan fingerprint density at radius 3 is 2.35 bits per heavy atom. The van der Waals surface area contributed by atoms with Crippen molar-refractivity contribution in [3.8, 4) is 5.75 Å². The Morgan fingerprint density at radius 2 is 1.78 bits per heavy atom. The fourth-order valence-corrected chi connectivity index (χ4v) is 3.35. The van der Waals surface area contributed by atoms with Gasteiger partial charge >= 0.3 is 0 Å². The van der Waals surface area contributed by atoms with Crippen LogP contribution in [0.4, 0.5) is 5.69 Å². The van der Waals surface area contributed by atoms with Gasteiger partial charge in [0.25, 0.3) is 5.91 Å². The molecule has 1 heterocycles. The number of halogens is 1. The maximum Gasteiger partial charge on any atom is 0.270 e. The van der Waals surface area contributed by atoms with Crippen molar-refractivity contribution in [3.63, 3.8) is 0 Å². The lowest BCUT2D eigenvalue weighted by Gasteiger charge is -2.15. The van der Waals surface area contributed by atoms with Crippen LogP contribution in [0.5, 0.6) is 5.75 Å². The molecule has 0 N–H and O–H groups in total. The minimum atomic E-state index is -0.171. The Labute approximate surface area is 148 Å². The summed E-state index contributed by atoms with van der Waals surface area (Å²) in [6, 6.07) is 14.7. The first-order valence-electron chi connectivity index (χ1n) is 6.77. The van der Waals surface area contributed by atoms with E-state index in [9.17, 15) is 4.79 Å². The lowest BCUT2D eigenvalue weighted by Crippen LogP contribution is -2.27. The second-order valence-electron chi connectivity index (χ2n) is 4.84. The second-order valence-corrected chi connectivity index (χ2v) is 7.01. The second kappa shape index (κ2) is 6.74. The highest BCUT2D eigenvalue weighted by Crippen LogP contribution is 2.34. The molecule has 3 nitrogen and oxygen atoms in total. The van der Waals surface area contributed by atoms with Gasteiger partial charge in [0.15, 0.2) is 4.32 Å². The number of carbonyl (C=O) groups is 1. The zero-order valence-electron chi connectivity index (χ0n) is 12.0. The summed E-state index contributed by atoms with van der Waals surface area (Å²) in [4.78, 5) is 13.9. The van der Waals surface area contributed by atoms with Gasteiger partial charge < -0.3 is 4.74 Å². The van der Waals surface area contributed by atoms with Gasteiger partial charge in [0.05, 0.1) is 10.6 Å². The highest BCUT2D eigenvalue weighted by atomic mass is 35.5. The maximum atomic E-state index is 12.0. The first-order chi connectivity index (χ1) is 11.0. The number of carbonyl (C=O) groups excluding carboxylic acids is 1. The van der Waals surface area contributed by atoms with E-state index in [2.05, 4.69) is 6.58 Å². The van der Waals surface area contributed by atoms with E-state index in [0.29, 0.717) is 32.3 Å². The van der Waals surface area contributed by atoms with Gasteiger partial charge in [-0.3, -0.25) is 9.69 Å². The molecule has 0 aliphatic carbocycles. The Morgan fingerprint density at radius 1 is 1.13 bits per heavy atom. The van der Waals surface area contributed by atoms with Crippen LogP contribution in [0.15, 0.2) is 60.0 Å². The van der Waals surface area contributed by atoms with Gasteiger partial charge in [-0.05, 0) is 42.0 Å². The van der Waals surface area contributed by atoms with Gasteiger partial charge in [0.1, 0.15) is 12.4 Å². The number of nitrogens with zero attached hydrogens (tertiary/aromatic N) is 1. The fourth-order valence-electron chi connectivity index (χ4n) is 2.06. The summed E-state index contributed by atoms with van der Waals surface area (Å²) in [5, 5.41) is 0.698. The topological polar surface area (TPSA) is 29.5 Å². The molecule has 1 aliphatic rings. The summed E-state index contributed by atoms with van der Waals surface area (Å²) >= 11 is 12.3. The number of hydrogen-bond donors (Lipinski definition) is 0. The van der Waals surface area contributed by atoms with Crippen molar-refractivity contribution in [1.82, 2.24) is 0 Å². The summed E-state index contributed by atoms with van der Waals surface area (Å²) in [6.45, 7) is 4.15. The van der Waals surface area contributed by atoms with Gasteiger partial charge in [-0.1, -0.05) is 54.3 Å². The van der Waals surface area contributed by atoms with E-state index < -0.39 is 0 Å². The van der Waals surface area contributed by atoms with Crippen LogP contribution in [0, 0.1) is 0 Å². The van der Waals surface area contributed by atoms with E-state index in [4.69, 9.17) is 28.6 Å². The number of anilines is 1. The van der Waals surface area contributed by atoms with Crippen molar-refractivity contribution in [1.29, 1.82) is 0 Å². The molecule has 2 aromatic carbocycles. The summed E-state index contributed by atoms with van der Waals surface area (Å²) < 4.78 is 6.22. The molecule has 23 heavy (non-hydrogen) atoms. The van der Waals surface area contributed by atoms with E-state index >= 15 is 0 Å². The van der Waals surface area contributed by atoms with Crippen molar-refractivity contribution < 1.29 is 9.53 Å². The number of rotatable bonds is 4. The standard InChI is InChI=1S/C17H12ClNO2S2/c1-11-16(20)19(17(22)23-11)14-6-8-15(9-7-14)21-10-12-2-4-13(18)5-3-12/h2-9H,1,10H2. The summed E-state index contributed by atoms with van der Waals surface area (Å²) in [7, 11) is 0. The van der Waals surface area contributed by atoms with E-state index in [-0.39, 0.29) is 5.91 Å².